The summed E-state index contributed by atoms with van der Waals surface area (Å²) in [6.07, 6.45) is 1.32. The van der Waals surface area contributed by atoms with E-state index in [4.69, 9.17) is 5.73 Å². The van der Waals surface area contributed by atoms with Crippen molar-refractivity contribution in [1.82, 2.24) is 14.7 Å². The molecule has 2 heterocycles. The SMILES string of the molecule is CCC(c1ccccc1)C1(C#N)CN(C(=O)O)CCC1n1cc(C(N)=O)c(Nc2ccc(F)cc2)n1. The minimum atomic E-state index is -1.17. The first kappa shape index (κ1) is 24.7. The summed E-state index contributed by atoms with van der Waals surface area (Å²) in [6.45, 7) is 2.16. The lowest BCUT2D eigenvalue weighted by Crippen LogP contribution is -2.53. The van der Waals surface area contributed by atoms with Gasteiger partial charge in [0.05, 0.1) is 12.1 Å². The number of primary amides is 1. The topological polar surface area (TPSA) is 137 Å². The molecule has 1 aliphatic heterocycles. The third-order valence-electron chi connectivity index (χ3n) is 6.85. The van der Waals surface area contributed by atoms with Crippen molar-refractivity contribution in [2.45, 2.75) is 31.7 Å². The molecule has 2 amide bonds. The summed E-state index contributed by atoms with van der Waals surface area (Å²) in [5.41, 5.74) is 6.00. The normalized spacial score (nSPS) is 20.4. The van der Waals surface area contributed by atoms with Gasteiger partial charge in [0.25, 0.3) is 5.91 Å². The molecule has 4 N–H and O–H groups in total. The molecule has 9 nitrogen and oxygen atoms in total. The number of halogens is 1. The number of nitrogens with two attached hydrogens (primary N) is 1. The molecule has 1 aliphatic rings. The van der Waals surface area contributed by atoms with Gasteiger partial charge in [-0.15, -0.1) is 0 Å². The average Bonchev–Trinajstić information content (AvgIpc) is 3.30. The molecule has 0 bridgehead atoms. The van der Waals surface area contributed by atoms with Crippen molar-refractivity contribution in [3.05, 3.63) is 77.7 Å². The highest BCUT2D eigenvalue weighted by atomic mass is 19.1. The van der Waals surface area contributed by atoms with Crippen LogP contribution in [0.2, 0.25) is 0 Å². The lowest BCUT2D eigenvalue weighted by molar-refractivity contribution is 0.0464. The Morgan fingerprint density at radius 1 is 1.28 bits per heavy atom. The first-order valence-corrected chi connectivity index (χ1v) is 11.6. The van der Waals surface area contributed by atoms with Crippen LogP contribution in [0.15, 0.2) is 60.8 Å². The maximum Gasteiger partial charge on any atom is 0.407 e. The Hall–Kier alpha value is -4.39. The van der Waals surface area contributed by atoms with Crippen molar-refractivity contribution in [3.63, 3.8) is 0 Å². The summed E-state index contributed by atoms with van der Waals surface area (Å²) in [7, 11) is 0. The predicted octanol–water partition coefficient (Wildman–Crippen LogP) is 4.49. The summed E-state index contributed by atoms with van der Waals surface area (Å²) in [4.78, 5) is 25.4. The lowest BCUT2D eigenvalue weighted by Gasteiger charge is -2.47. The van der Waals surface area contributed by atoms with Gasteiger partial charge in [0.1, 0.15) is 16.8 Å². The molecule has 4 rings (SSSR count). The molecule has 186 valence electrons. The van der Waals surface area contributed by atoms with E-state index in [0.29, 0.717) is 18.5 Å². The van der Waals surface area contributed by atoms with Crippen LogP contribution in [-0.4, -0.2) is 44.9 Å². The van der Waals surface area contributed by atoms with Crippen molar-refractivity contribution in [2.75, 3.05) is 18.4 Å². The summed E-state index contributed by atoms with van der Waals surface area (Å²) >= 11 is 0. The number of carbonyl (C=O) groups is 2. The van der Waals surface area contributed by atoms with Crippen LogP contribution in [0.1, 0.15) is 47.6 Å². The van der Waals surface area contributed by atoms with Gasteiger partial charge in [0.15, 0.2) is 5.82 Å². The maximum atomic E-state index is 13.3. The molecule has 1 fully saturated rings. The fourth-order valence-electron chi connectivity index (χ4n) is 5.17. The van der Waals surface area contributed by atoms with Crippen LogP contribution < -0.4 is 11.1 Å². The Labute approximate surface area is 207 Å². The second-order valence-electron chi connectivity index (χ2n) is 8.90. The molecule has 0 aliphatic carbocycles. The van der Waals surface area contributed by atoms with Gasteiger partial charge in [-0.2, -0.15) is 10.4 Å². The van der Waals surface area contributed by atoms with E-state index in [1.807, 2.05) is 37.3 Å². The average molecular weight is 491 g/mol. The minimum Gasteiger partial charge on any atom is -0.465 e. The number of nitrogens with zero attached hydrogens (tertiary/aromatic N) is 4. The number of carbonyl (C=O) groups excluding carboxylic acids is 1. The van der Waals surface area contributed by atoms with Crippen LogP contribution in [0.4, 0.5) is 20.7 Å². The number of benzene rings is 2. The zero-order valence-electron chi connectivity index (χ0n) is 19.8. The Morgan fingerprint density at radius 2 is 1.97 bits per heavy atom. The molecule has 3 atom stereocenters. The van der Waals surface area contributed by atoms with Crippen LogP contribution >= 0.6 is 0 Å². The van der Waals surface area contributed by atoms with E-state index < -0.39 is 29.3 Å². The molecule has 0 spiro atoms. The number of amides is 2. The second-order valence-corrected chi connectivity index (χ2v) is 8.90. The zero-order chi connectivity index (χ0) is 25.9. The molecule has 0 saturated carbocycles. The Kier molecular flexibility index (Phi) is 6.92. The van der Waals surface area contributed by atoms with Gasteiger partial charge in [-0.05, 0) is 42.7 Å². The molecule has 10 heteroatoms. The summed E-state index contributed by atoms with van der Waals surface area (Å²) in [6, 6.07) is 17.0. The van der Waals surface area contributed by atoms with Crippen LogP contribution in [0.5, 0.6) is 0 Å². The van der Waals surface area contributed by atoms with Crippen molar-refractivity contribution >= 4 is 23.5 Å². The van der Waals surface area contributed by atoms with Crippen molar-refractivity contribution in [1.29, 1.82) is 5.26 Å². The van der Waals surface area contributed by atoms with Crippen molar-refractivity contribution in [2.24, 2.45) is 11.1 Å². The van der Waals surface area contributed by atoms with Gasteiger partial charge in [-0.25, -0.2) is 9.18 Å². The first-order chi connectivity index (χ1) is 17.3. The Bertz CT molecular complexity index is 1290. The van der Waals surface area contributed by atoms with Crippen LogP contribution in [0, 0.1) is 22.6 Å². The van der Waals surface area contributed by atoms with E-state index in [-0.39, 0.29) is 30.4 Å². The summed E-state index contributed by atoms with van der Waals surface area (Å²) < 4.78 is 14.9. The molecule has 36 heavy (non-hydrogen) atoms. The number of piperidine rings is 1. The maximum absolute atomic E-state index is 13.3. The van der Waals surface area contributed by atoms with Crippen molar-refractivity contribution < 1.29 is 19.1 Å². The zero-order valence-corrected chi connectivity index (χ0v) is 19.8. The molecule has 3 unspecified atom stereocenters. The molecule has 3 aromatic rings. The number of hydrogen-bond acceptors (Lipinski definition) is 5. The Balaban J connectivity index is 1.81. The van der Waals surface area contributed by atoms with E-state index in [0.717, 1.165) is 5.56 Å². The van der Waals surface area contributed by atoms with Crippen molar-refractivity contribution in [3.8, 4) is 6.07 Å². The molecule has 1 aromatic heterocycles. The third kappa shape index (κ3) is 4.60. The fraction of sp³-hybridized carbons (Fsp3) is 0.308. The number of nitriles is 1. The van der Waals surface area contributed by atoms with E-state index >= 15 is 0 Å². The Morgan fingerprint density at radius 3 is 2.56 bits per heavy atom. The lowest BCUT2D eigenvalue weighted by atomic mass is 9.64. The molecule has 2 aromatic carbocycles. The van der Waals surface area contributed by atoms with E-state index in [1.54, 1.807) is 4.68 Å². The largest absolute Gasteiger partial charge is 0.465 e. The number of anilines is 2. The fourth-order valence-corrected chi connectivity index (χ4v) is 5.17. The van der Waals surface area contributed by atoms with Gasteiger partial charge in [0.2, 0.25) is 0 Å². The van der Waals surface area contributed by atoms with Gasteiger partial charge in [-0.1, -0.05) is 37.3 Å². The standard InChI is InChI=1S/C26H27FN6O3/c1-2-21(17-6-4-3-5-7-17)26(15-28)16-32(25(35)36)13-12-22(26)33-14-20(23(29)34)24(31-33)30-19-10-8-18(27)9-11-19/h3-11,14,21-22H,2,12-13,16H2,1H3,(H2,29,34)(H,30,31)(H,35,36). The van der Waals surface area contributed by atoms with E-state index in [1.165, 1.54) is 35.4 Å². The van der Waals surface area contributed by atoms with Gasteiger partial charge in [0, 0.05) is 30.9 Å². The van der Waals surface area contributed by atoms with Crippen LogP contribution in [-0.2, 0) is 0 Å². The monoisotopic (exact) mass is 490 g/mol. The number of likely N-dealkylation sites (tertiary alicyclic amines) is 1. The first-order valence-electron chi connectivity index (χ1n) is 11.6. The molecular weight excluding hydrogens is 463 g/mol. The predicted molar refractivity (Wildman–Crippen MR) is 131 cm³/mol. The van der Waals surface area contributed by atoms with Gasteiger partial charge < -0.3 is 21.1 Å². The quantitative estimate of drug-likeness (QED) is 0.446. The van der Waals surface area contributed by atoms with E-state index in [9.17, 15) is 24.3 Å². The van der Waals surface area contributed by atoms with Gasteiger partial charge >= 0.3 is 6.09 Å². The number of hydrogen-bond donors (Lipinski definition) is 3. The highest BCUT2D eigenvalue weighted by Gasteiger charge is 2.52. The number of carboxylic acid groups (broad SMARTS) is 1. The summed E-state index contributed by atoms with van der Waals surface area (Å²) in [5, 5.41) is 28.0. The highest BCUT2D eigenvalue weighted by Crippen LogP contribution is 2.50. The number of aromatic nitrogens is 2. The van der Waals surface area contributed by atoms with Gasteiger partial charge in [-0.3, -0.25) is 9.48 Å². The molecular formula is C26H27FN6O3. The molecule has 0 radical (unpaired) electrons. The molecule has 1 saturated heterocycles. The second kappa shape index (κ2) is 10.1. The smallest absolute Gasteiger partial charge is 0.407 e. The third-order valence-corrected chi connectivity index (χ3v) is 6.85. The summed E-state index contributed by atoms with van der Waals surface area (Å²) in [5.74, 6) is -1.25. The van der Waals surface area contributed by atoms with Crippen LogP contribution in [0.25, 0.3) is 0 Å². The highest BCUT2D eigenvalue weighted by molar-refractivity contribution is 5.98. The van der Waals surface area contributed by atoms with E-state index in [2.05, 4.69) is 16.5 Å². The number of rotatable bonds is 7. The number of nitrogens with one attached hydrogen (secondary N) is 1. The minimum absolute atomic E-state index is 0.0105. The van der Waals surface area contributed by atoms with Crippen LogP contribution in [0.3, 0.4) is 0 Å².